The van der Waals surface area contributed by atoms with Crippen LogP contribution in [0.4, 0.5) is 5.69 Å². The number of fused-ring (bicyclic) bond motifs is 2. The van der Waals surface area contributed by atoms with E-state index in [1.54, 1.807) is 33.9 Å². The minimum Gasteiger partial charge on any atom is -0.396 e. The number of unbranched alkanes of at least 4 members (excludes halogenated alkanes) is 2. The molecule has 1 N–H and O–H groups in total. The second kappa shape index (κ2) is 12.1. The minimum atomic E-state index is -1.13. The number of hydrogen-bond acceptors (Lipinski definition) is 5. The molecular formula is C32H38BrN3O5. The maximum atomic E-state index is 14.7. The summed E-state index contributed by atoms with van der Waals surface area (Å²) in [6, 6.07) is 12.9. The monoisotopic (exact) mass is 623 g/mol. The first-order valence-electron chi connectivity index (χ1n) is 14.3. The van der Waals surface area contributed by atoms with Gasteiger partial charge in [0.15, 0.2) is 0 Å². The fourth-order valence-electron chi connectivity index (χ4n) is 6.98. The smallest absolute Gasteiger partial charge is 0.253 e. The molecule has 3 aliphatic heterocycles. The normalized spacial score (nSPS) is 28.1. The number of aliphatic hydroxyl groups excluding tert-OH is 1. The Morgan fingerprint density at radius 1 is 1.10 bits per heavy atom. The molecule has 218 valence electrons. The summed E-state index contributed by atoms with van der Waals surface area (Å²) in [5.41, 5.74) is -0.419. The third kappa shape index (κ3) is 5.02. The number of carbonyl (C=O) groups is 3. The highest BCUT2D eigenvalue weighted by atomic mass is 79.9. The first-order chi connectivity index (χ1) is 19.8. The van der Waals surface area contributed by atoms with Gasteiger partial charge in [0, 0.05) is 43.8 Å². The van der Waals surface area contributed by atoms with Crippen LogP contribution >= 0.6 is 15.9 Å². The summed E-state index contributed by atoms with van der Waals surface area (Å²) < 4.78 is 6.66. The number of aliphatic hydroxyl groups is 1. The van der Waals surface area contributed by atoms with Crippen molar-refractivity contribution in [1.29, 1.82) is 0 Å². The van der Waals surface area contributed by atoms with Crippen molar-refractivity contribution in [1.82, 2.24) is 9.80 Å². The minimum absolute atomic E-state index is 0.0697. The lowest BCUT2D eigenvalue weighted by atomic mass is 9.70. The predicted molar refractivity (Wildman–Crippen MR) is 163 cm³/mol. The molecule has 6 atom stereocenters. The van der Waals surface area contributed by atoms with E-state index in [1.165, 1.54) is 0 Å². The average Bonchev–Trinajstić information content (AvgIpc) is 3.56. The fraction of sp³-hybridized carbons (Fsp3) is 0.469. The summed E-state index contributed by atoms with van der Waals surface area (Å²) in [5.74, 6) is -2.08. The Labute approximate surface area is 249 Å². The van der Waals surface area contributed by atoms with Crippen molar-refractivity contribution in [2.45, 2.75) is 48.3 Å². The molecule has 3 fully saturated rings. The van der Waals surface area contributed by atoms with E-state index in [4.69, 9.17) is 4.74 Å². The Hall–Kier alpha value is -3.01. The van der Waals surface area contributed by atoms with E-state index in [9.17, 15) is 19.5 Å². The number of ether oxygens (including phenoxy) is 1. The molecule has 2 aromatic carbocycles. The maximum Gasteiger partial charge on any atom is 0.253 e. The Morgan fingerprint density at radius 2 is 1.83 bits per heavy atom. The number of hydrogen-bond donors (Lipinski definition) is 1. The van der Waals surface area contributed by atoms with E-state index >= 15 is 0 Å². The van der Waals surface area contributed by atoms with Gasteiger partial charge in [-0.1, -0.05) is 58.4 Å². The number of alkyl halides is 1. The molecule has 0 aromatic heterocycles. The highest BCUT2D eigenvalue weighted by Crippen LogP contribution is 2.60. The van der Waals surface area contributed by atoms with Crippen molar-refractivity contribution in [3.8, 4) is 0 Å². The van der Waals surface area contributed by atoms with Gasteiger partial charge in [0.05, 0.1) is 17.9 Å². The molecule has 8 nitrogen and oxygen atoms in total. The largest absolute Gasteiger partial charge is 0.396 e. The zero-order chi connectivity index (χ0) is 29.3. The van der Waals surface area contributed by atoms with Crippen molar-refractivity contribution in [2.75, 3.05) is 38.2 Å². The predicted octanol–water partition coefficient (Wildman–Crippen LogP) is 3.91. The Morgan fingerprint density at radius 3 is 2.54 bits per heavy atom. The number of amides is 3. The lowest BCUT2D eigenvalue weighted by Gasteiger charge is -2.37. The summed E-state index contributed by atoms with van der Waals surface area (Å²) in [7, 11) is 1.70. The molecule has 2 aromatic rings. The summed E-state index contributed by atoms with van der Waals surface area (Å²) >= 11 is 3.74. The molecule has 0 radical (unpaired) electrons. The van der Waals surface area contributed by atoms with Crippen LogP contribution in [0.15, 0.2) is 67.8 Å². The summed E-state index contributed by atoms with van der Waals surface area (Å²) in [6.07, 6.45) is 5.24. The van der Waals surface area contributed by atoms with Crippen LogP contribution in [0.3, 0.4) is 0 Å². The number of halogens is 1. The number of rotatable bonds is 12. The van der Waals surface area contributed by atoms with Crippen LogP contribution in [-0.4, -0.2) is 88.5 Å². The second-order valence-corrected chi connectivity index (χ2v) is 12.4. The summed E-state index contributed by atoms with van der Waals surface area (Å²) in [4.78, 5) is 47.4. The number of likely N-dealkylation sites (tertiary alicyclic amines) is 1. The van der Waals surface area contributed by atoms with Gasteiger partial charge in [0.2, 0.25) is 11.8 Å². The molecule has 3 saturated heterocycles. The molecule has 0 saturated carbocycles. The van der Waals surface area contributed by atoms with E-state index in [1.807, 2.05) is 42.5 Å². The molecule has 3 aliphatic rings. The topological polar surface area (TPSA) is 90.4 Å². The molecule has 3 amide bonds. The molecule has 5 rings (SSSR count). The Balaban J connectivity index is 1.56. The zero-order valence-electron chi connectivity index (χ0n) is 23.5. The highest BCUT2D eigenvalue weighted by molar-refractivity contribution is 9.09. The van der Waals surface area contributed by atoms with Crippen LogP contribution in [-0.2, 0) is 19.1 Å². The number of nitrogens with zero attached hydrogens (tertiary/aromatic N) is 3. The molecule has 9 heteroatoms. The number of benzene rings is 2. The molecule has 2 bridgehead atoms. The molecule has 1 spiro atoms. The van der Waals surface area contributed by atoms with Crippen LogP contribution in [0.2, 0.25) is 0 Å². The van der Waals surface area contributed by atoms with E-state index in [-0.39, 0.29) is 35.7 Å². The standard InChI is InChI=1S/C32H38BrN3O5/c1-4-15-34(3)29(38)25-26-30(39)36(17-9-6-10-18-37)28(32(26)20-24(33)27(25)41-32)31(40)35(16-5-2)23-14-13-21-11-7-8-12-22(21)19-23/h4-5,7-8,11-14,19,24-28,37H,1-2,6,9-10,15-18,20H2,3H3/t24?,25-,26+,27-,28?,32?/m1/s1. The van der Waals surface area contributed by atoms with E-state index in [0.717, 1.165) is 17.2 Å². The Kier molecular flexibility index (Phi) is 8.68. The first-order valence-corrected chi connectivity index (χ1v) is 15.2. The van der Waals surface area contributed by atoms with Crippen molar-refractivity contribution < 1.29 is 24.2 Å². The quantitative estimate of drug-likeness (QED) is 0.220. The van der Waals surface area contributed by atoms with Crippen LogP contribution in [0, 0.1) is 11.8 Å². The van der Waals surface area contributed by atoms with Gasteiger partial charge >= 0.3 is 0 Å². The Bertz CT molecular complexity index is 1350. The SMILES string of the molecule is C=CCN(C)C(=O)[C@H]1[C@@H]2OC3(CC2Br)C(C(=O)N(CC=C)c2ccc4ccccc4c2)N(CCCCCO)C(=O)[C@H]13. The third-order valence-corrected chi connectivity index (χ3v) is 9.61. The number of carbonyl (C=O) groups excluding carboxylic acids is 3. The lowest BCUT2D eigenvalue weighted by molar-refractivity contribution is -0.144. The maximum absolute atomic E-state index is 14.7. The van der Waals surface area contributed by atoms with Gasteiger partial charge < -0.3 is 24.5 Å². The van der Waals surface area contributed by atoms with Gasteiger partial charge in [-0.3, -0.25) is 14.4 Å². The van der Waals surface area contributed by atoms with Crippen LogP contribution in [0.25, 0.3) is 10.8 Å². The summed E-state index contributed by atoms with van der Waals surface area (Å²) in [5, 5.41) is 11.4. The molecule has 41 heavy (non-hydrogen) atoms. The van der Waals surface area contributed by atoms with Gasteiger partial charge in [-0.2, -0.15) is 0 Å². The fourth-order valence-corrected chi connectivity index (χ4v) is 7.93. The number of anilines is 1. The van der Waals surface area contributed by atoms with Gasteiger partial charge in [-0.15, -0.1) is 13.2 Å². The van der Waals surface area contributed by atoms with Crippen molar-refractivity contribution >= 4 is 50.1 Å². The second-order valence-electron chi connectivity index (χ2n) is 11.3. The van der Waals surface area contributed by atoms with Gasteiger partial charge in [0.25, 0.3) is 5.91 Å². The van der Waals surface area contributed by atoms with Gasteiger partial charge in [-0.25, -0.2) is 0 Å². The van der Waals surface area contributed by atoms with Crippen molar-refractivity contribution in [3.63, 3.8) is 0 Å². The van der Waals surface area contributed by atoms with Gasteiger partial charge in [-0.05, 0) is 48.6 Å². The molecule has 0 aliphatic carbocycles. The highest BCUT2D eigenvalue weighted by Gasteiger charge is 2.76. The van der Waals surface area contributed by atoms with Crippen LogP contribution < -0.4 is 4.90 Å². The van der Waals surface area contributed by atoms with E-state index < -0.39 is 29.6 Å². The lowest BCUT2D eigenvalue weighted by Crippen LogP contribution is -2.57. The third-order valence-electron chi connectivity index (χ3n) is 8.77. The van der Waals surface area contributed by atoms with Crippen LogP contribution in [0.5, 0.6) is 0 Å². The van der Waals surface area contributed by atoms with Crippen LogP contribution in [0.1, 0.15) is 25.7 Å². The average molecular weight is 625 g/mol. The van der Waals surface area contributed by atoms with E-state index in [0.29, 0.717) is 38.0 Å². The molecule has 3 heterocycles. The van der Waals surface area contributed by atoms with Crippen molar-refractivity contribution in [2.24, 2.45) is 11.8 Å². The van der Waals surface area contributed by atoms with Gasteiger partial charge in [0.1, 0.15) is 11.6 Å². The molecule has 3 unspecified atom stereocenters. The first kappa shape index (κ1) is 29.5. The van der Waals surface area contributed by atoms with Crippen molar-refractivity contribution in [3.05, 3.63) is 67.8 Å². The number of likely N-dealkylation sites (N-methyl/N-ethyl adjacent to an activating group) is 1. The zero-order valence-corrected chi connectivity index (χ0v) is 25.0. The summed E-state index contributed by atoms with van der Waals surface area (Å²) in [6.45, 7) is 8.67. The van der Waals surface area contributed by atoms with E-state index in [2.05, 4.69) is 29.1 Å². The molecular weight excluding hydrogens is 586 g/mol.